The molecule has 0 amide bonds. The predicted molar refractivity (Wildman–Crippen MR) is 79.5 cm³/mol. The van der Waals surface area contributed by atoms with Gasteiger partial charge in [0.05, 0.1) is 0 Å². The van der Waals surface area contributed by atoms with E-state index < -0.39 is 0 Å². The molecule has 0 aliphatic heterocycles. The van der Waals surface area contributed by atoms with E-state index in [0.29, 0.717) is 17.5 Å². The van der Waals surface area contributed by atoms with Gasteiger partial charge in [0.15, 0.2) is 0 Å². The smallest absolute Gasteiger partial charge is 0.224 e. The molecule has 0 unspecified atom stereocenters. The van der Waals surface area contributed by atoms with Crippen molar-refractivity contribution >= 4 is 21.7 Å². The minimum Gasteiger partial charge on any atom is -0.439 e. The Bertz CT molecular complexity index is 599. The summed E-state index contributed by atoms with van der Waals surface area (Å²) in [5.41, 5.74) is 6.81. The van der Waals surface area contributed by atoms with Crippen molar-refractivity contribution in [2.45, 2.75) is 26.7 Å². The van der Waals surface area contributed by atoms with Gasteiger partial charge >= 0.3 is 0 Å². The quantitative estimate of drug-likeness (QED) is 0.926. The highest BCUT2D eigenvalue weighted by Gasteiger charge is 2.09. The lowest BCUT2D eigenvalue weighted by Gasteiger charge is -2.11. The Balaban J connectivity index is 2.35. The Morgan fingerprint density at radius 3 is 2.63 bits per heavy atom. The van der Waals surface area contributed by atoms with Crippen molar-refractivity contribution < 1.29 is 4.74 Å². The number of anilines is 1. The molecule has 0 saturated heterocycles. The standard InChI is InChI=1S/C14H16BrN3O/c1-8(2)14-17-12(16)7-13(18-14)19-11-6-10(15)5-4-9(11)3/h4-8H,1-3H3,(H2,16,17,18). The van der Waals surface area contributed by atoms with Crippen molar-refractivity contribution in [3.8, 4) is 11.6 Å². The summed E-state index contributed by atoms with van der Waals surface area (Å²) in [6, 6.07) is 7.48. The van der Waals surface area contributed by atoms with Crippen LogP contribution in [0.25, 0.3) is 0 Å². The van der Waals surface area contributed by atoms with Gasteiger partial charge in [-0.2, -0.15) is 4.98 Å². The summed E-state index contributed by atoms with van der Waals surface area (Å²) in [5, 5.41) is 0. The fourth-order valence-corrected chi connectivity index (χ4v) is 1.91. The van der Waals surface area contributed by atoms with Crippen LogP contribution in [-0.2, 0) is 0 Å². The van der Waals surface area contributed by atoms with Crippen LogP contribution in [-0.4, -0.2) is 9.97 Å². The van der Waals surface area contributed by atoms with Crippen molar-refractivity contribution in [1.29, 1.82) is 0 Å². The first-order chi connectivity index (χ1) is 8.95. The topological polar surface area (TPSA) is 61.0 Å². The summed E-state index contributed by atoms with van der Waals surface area (Å²) in [6.07, 6.45) is 0. The minimum atomic E-state index is 0.203. The van der Waals surface area contributed by atoms with E-state index in [1.54, 1.807) is 6.07 Å². The van der Waals surface area contributed by atoms with Gasteiger partial charge in [-0.25, -0.2) is 4.98 Å². The molecule has 19 heavy (non-hydrogen) atoms. The van der Waals surface area contributed by atoms with Crippen molar-refractivity contribution in [1.82, 2.24) is 9.97 Å². The molecule has 0 bridgehead atoms. The van der Waals surface area contributed by atoms with E-state index in [0.717, 1.165) is 15.8 Å². The van der Waals surface area contributed by atoms with Gasteiger partial charge in [-0.3, -0.25) is 0 Å². The van der Waals surface area contributed by atoms with Gasteiger partial charge in [-0.15, -0.1) is 0 Å². The van der Waals surface area contributed by atoms with Gasteiger partial charge < -0.3 is 10.5 Å². The highest BCUT2D eigenvalue weighted by molar-refractivity contribution is 9.10. The highest BCUT2D eigenvalue weighted by Crippen LogP contribution is 2.28. The van der Waals surface area contributed by atoms with Crippen LogP contribution in [0.5, 0.6) is 11.6 Å². The zero-order chi connectivity index (χ0) is 14.0. The van der Waals surface area contributed by atoms with Crippen LogP contribution in [0.15, 0.2) is 28.7 Å². The lowest BCUT2D eigenvalue weighted by molar-refractivity contribution is 0.454. The molecule has 0 aliphatic carbocycles. The van der Waals surface area contributed by atoms with E-state index in [4.69, 9.17) is 10.5 Å². The van der Waals surface area contributed by atoms with Crippen LogP contribution in [0, 0.1) is 6.92 Å². The first-order valence-corrected chi connectivity index (χ1v) is 6.83. The second kappa shape index (κ2) is 5.57. The second-order valence-corrected chi connectivity index (χ2v) is 5.57. The lowest BCUT2D eigenvalue weighted by atomic mass is 10.2. The molecule has 1 aromatic carbocycles. The maximum atomic E-state index is 5.80. The second-order valence-electron chi connectivity index (χ2n) is 4.66. The lowest BCUT2D eigenvalue weighted by Crippen LogP contribution is -2.03. The summed E-state index contributed by atoms with van der Waals surface area (Å²) in [7, 11) is 0. The molecular formula is C14H16BrN3O. The van der Waals surface area contributed by atoms with E-state index in [1.165, 1.54) is 0 Å². The van der Waals surface area contributed by atoms with Crippen LogP contribution in [0.4, 0.5) is 5.82 Å². The number of rotatable bonds is 3. The fraction of sp³-hybridized carbons (Fsp3) is 0.286. The maximum absolute atomic E-state index is 5.80. The predicted octanol–water partition coefficient (Wildman–Crippen LogP) is 4.05. The average molecular weight is 322 g/mol. The molecule has 0 fully saturated rings. The third-order valence-corrected chi connectivity index (χ3v) is 3.11. The van der Waals surface area contributed by atoms with E-state index in [-0.39, 0.29) is 5.92 Å². The Labute approximate surface area is 121 Å². The first kappa shape index (κ1) is 13.8. The Kier molecular flexibility index (Phi) is 4.04. The molecule has 0 radical (unpaired) electrons. The highest BCUT2D eigenvalue weighted by atomic mass is 79.9. The Morgan fingerprint density at radius 1 is 1.21 bits per heavy atom. The molecule has 1 heterocycles. The number of ether oxygens (including phenoxy) is 1. The molecule has 0 saturated carbocycles. The number of nitrogens with zero attached hydrogens (tertiary/aromatic N) is 2. The number of halogens is 1. The van der Waals surface area contributed by atoms with Gasteiger partial charge in [0, 0.05) is 16.5 Å². The first-order valence-electron chi connectivity index (χ1n) is 6.04. The molecule has 1 aromatic heterocycles. The van der Waals surface area contributed by atoms with E-state index >= 15 is 0 Å². The van der Waals surface area contributed by atoms with Crippen molar-refractivity contribution in [2.75, 3.05) is 5.73 Å². The number of aromatic nitrogens is 2. The molecule has 2 aromatic rings. The van der Waals surface area contributed by atoms with E-state index in [9.17, 15) is 0 Å². The van der Waals surface area contributed by atoms with Crippen molar-refractivity contribution in [3.05, 3.63) is 40.1 Å². The van der Waals surface area contributed by atoms with E-state index in [2.05, 4.69) is 25.9 Å². The van der Waals surface area contributed by atoms with Crippen molar-refractivity contribution in [2.24, 2.45) is 0 Å². The molecule has 2 N–H and O–H groups in total. The van der Waals surface area contributed by atoms with Gasteiger partial charge in [-0.05, 0) is 24.6 Å². The molecule has 5 heteroatoms. The SMILES string of the molecule is Cc1ccc(Br)cc1Oc1cc(N)nc(C(C)C)n1. The van der Waals surface area contributed by atoms with Crippen LogP contribution in [0.1, 0.15) is 31.2 Å². The Hall–Kier alpha value is -1.62. The van der Waals surface area contributed by atoms with Gasteiger partial charge in [0.1, 0.15) is 17.4 Å². The third-order valence-electron chi connectivity index (χ3n) is 2.62. The Morgan fingerprint density at radius 2 is 1.95 bits per heavy atom. The zero-order valence-corrected chi connectivity index (χ0v) is 12.7. The number of nitrogen functional groups attached to an aromatic ring is 1. The normalized spacial score (nSPS) is 10.8. The number of nitrogens with two attached hydrogens (primary N) is 1. The summed E-state index contributed by atoms with van der Waals surface area (Å²) in [5.74, 6) is 2.53. The monoisotopic (exact) mass is 321 g/mol. The molecule has 2 rings (SSSR count). The maximum Gasteiger partial charge on any atom is 0.224 e. The van der Waals surface area contributed by atoms with Crippen LogP contribution >= 0.6 is 15.9 Å². The minimum absolute atomic E-state index is 0.203. The molecular weight excluding hydrogens is 306 g/mol. The fourth-order valence-electron chi connectivity index (χ4n) is 1.57. The summed E-state index contributed by atoms with van der Waals surface area (Å²) >= 11 is 3.42. The largest absolute Gasteiger partial charge is 0.439 e. The summed E-state index contributed by atoms with van der Waals surface area (Å²) in [4.78, 5) is 8.56. The molecule has 4 nitrogen and oxygen atoms in total. The van der Waals surface area contributed by atoms with Gasteiger partial charge in [0.2, 0.25) is 5.88 Å². The molecule has 100 valence electrons. The van der Waals surface area contributed by atoms with Crippen LogP contribution in [0.2, 0.25) is 0 Å². The molecule has 0 spiro atoms. The summed E-state index contributed by atoms with van der Waals surface area (Å²) < 4.78 is 6.76. The zero-order valence-electron chi connectivity index (χ0n) is 11.1. The number of hydrogen-bond donors (Lipinski definition) is 1. The van der Waals surface area contributed by atoms with Gasteiger partial charge in [-0.1, -0.05) is 35.8 Å². The molecule has 0 atom stereocenters. The average Bonchev–Trinajstić information content (AvgIpc) is 2.33. The van der Waals surface area contributed by atoms with Crippen LogP contribution in [0.3, 0.4) is 0 Å². The number of hydrogen-bond acceptors (Lipinski definition) is 4. The van der Waals surface area contributed by atoms with Crippen molar-refractivity contribution in [3.63, 3.8) is 0 Å². The number of aryl methyl sites for hydroxylation is 1. The third kappa shape index (κ3) is 3.44. The molecule has 0 aliphatic rings. The number of benzene rings is 1. The van der Waals surface area contributed by atoms with E-state index in [1.807, 2.05) is 39.0 Å². The summed E-state index contributed by atoms with van der Waals surface area (Å²) in [6.45, 7) is 6.02. The van der Waals surface area contributed by atoms with Gasteiger partial charge in [0.25, 0.3) is 0 Å². The van der Waals surface area contributed by atoms with Crippen LogP contribution < -0.4 is 10.5 Å².